The van der Waals surface area contributed by atoms with Gasteiger partial charge < -0.3 is 80.1 Å². The summed E-state index contributed by atoms with van der Waals surface area (Å²) in [5.41, 5.74) is 0. The molecule has 0 saturated carbocycles. The molecule has 3 heterocycles. The first kappa shape index (κ1) is 30.4. The minimum absolute atomic E-state index is 0.664. The van der Waals surface area contributed by atoms with Crippen molar-refractivity contribution >= 4 is 5.91 Å². The van der Waals surface area contributed by atoms with Gasteiger partial charge in [-0.25, -0.2) is 0 Å². The largest absolute Gasteiger partial charge is 0.394 e. The van der Waals surface area contributed by atoms with Crippen molar-refractivity contribution in [3.05, 3.63) is 0 Å². The predicted molar refractivity (Wildman–Crippen MR) is 113 cm³/mol. The van der Waals surface area contributed by atoms with Crippen LogP contribution in [-0.4, -0.2) is 169 Å². The summed E-state index contributed by atoms with van der Waals surface area (Å²) in [5, 5.41) is 103. The molecule has 17 nitrogen and oxygen atoms in total. The minimum atomic E-state index is -1.91. The first-order valence-corrected chi connectivity index (χ1v) is 11.6. The van der Waals surface area contributed by atoms with Crippen molar-refractivity contribution in [2.75, 3.05) is 19.8 Å². The molecule has 15 atom stereocenters. The van der Waals surface area contributed by atoms with E-state index in [4.69, 9.17) is 23.7 Å². The van der Waals surface area contributed by atoms with Crippen LogP contribution >= 0.6 is 0 Å². The van der Waals surface area contributed by atoms with Crippen molar-refractivity contribution in [1.82, 2.24) is 5.32 Å². The molecule has 11 N–H and O–H groups in total. The van der Waals surface area contributed by atoms with Crippen LogP contribution < -0.4 is 5.32 Å². The third-order valence-electron chi connectivity index (χ3n) is 6.50. The van der Waals surface area contributed by atoms with Crippen LogP contribution in [0.2, 0.25) is 0 Å². The average molecular weight is 545 g/mol. The highest BCUT2D eigenvalue weighted by Gasteiger charge is 2.54. The molecule has 3 fully saturated rings. The maximum Gasteiger partial charge on any atom is 0.217 e. The summed E-state index contributed by atoms with van der Waals surface area (Å²) in [6, 6.07) is -1.45. The van der Waals surface area contributed by atoms with E-state index in [2.05, 4.69) is 5.32 Å². The lowest BCUT2D eigenvalue weighted by molar-refractivity contribution is -0.385. The van der Waals surface area contributed by atoms with E-state index in [1.807, 2.05) is 0 Å². The first-order valence-electron chi connectivity index (χ1n) is 11.6. The number of amides is 1. The molecule has 17 heteroatoms. The van der Waals surface area contributed by atoms with Crippen molar-refractivity contribution < 1.29 is 79.5 Å². The molecule has 0 spiro atoms. The van der Waals surface area contributed by atoms with Gasteiger partial charge in [-0.2, -0.15) is 0 Å². The molecule has 0 aromatic carbocycles. The van der Waals surface area contributed by atoms with Crippen molar-refractivity contribution in [1.29, 1.82) is 0 Å². The lowest BCUT2D eigenvalue weighted by Crippen LogP contribution is -2.68. The minimum Gasteiger partial charge on any atom is -0.394 e. The fourth-order valence-corrected chi connectivity index (χ4v) is 4.43. The van der Waals surface area contributed by atoms with Crippen molar-refractivity contribution in [2.45, 2.75) is 99.0 Å². The monoisotopic (exact) mass is 545 g/mol. The number of rotatable bonds is 8. The Labute approximate surface area is 210 Å². The zero-order chi connectivity index (χ0) is 27.6. The summed E-state index contributed by atoms with van der Waals surface area (Å²) in [6.07, 6.45) is -23.6. The second kappa shape index (κ2) is 12.8. The van der Waals surface area contributed by atoms with Crippen molar-refractivity contribution in [3.63, 3.8) is 0 Å². The number of ether oxygens (including phenoxy) is 5. The molecular formula is C20H35NO16. The van der Waals surface area contributed by atoms with Crippen LogP contribution in [0.3, 0.4) is 0 Å². The Hall–Kier alpha value is -1.13. The van der Waals surface area contributed by atoms with Crippen LogP contribution in [0, 0.1) is 0 Å². The fourth-order valence-electron chi connectivity index (χ4n) is 4.43. The van der Waals surface area contributed by atoms with Crippen molar-refractivity contribution in [3.8, 4) is 0 Å². The van der Waals surface area contributed by atoms with Gasteiger partial charge in [-0.1, -0.05) is 0 Å². The molecule has 3 rings (SSSR count). The van der Waals surface area contributed by atoms with E-state index in [-0.39, 0.29) is 0 Å². The molecule has 3 aliphatic rings. The Balaban J connectivity index is 1.88. The molecular weight excluding hydrogens is 510 g/mol. The quantitative estimate of drug-likeness (QED) is 0.135. The van der Waals surface area contributed by atoms with Crippen LogP contribution in [0.25, 0.3) is 0 Å². The van der Waals surface area contributed by atoms with Crippen LogP contribution in [0.5, 0.6) is 0 Å². The maximum atomic E-state index is 11.7. The normalized spacial score (nSPS) is 49.0. The number of hydrogen-bond acceptors (Lipinski definition) is 16. The summed E-state index contributed by atoms with van der Waals surface area (Å²) in [4.78, 5) is 11.7. The van der Waals surface area contributed by atoms with Crippen LogP contribution in [-0.2, 0) is 28.5 Å². The van der Waals surface area contributed by atoms with E-state index < -0.39 is 118 Å². The second-order valence-corrected chi connectivity index (χ2v) is 9.07. The standard InChI is InChI=1S/C20H35NO16/c1-5(25)21-9-13(29)10(26)7(3-23)34-19(9)37-17-15(31)12(28)8(4-24)35-20(17)36-16-14(30)11(27)6(2-22)33-18(16)32/h6-20,22-24,26-32H,2-4H2,1H3,(H,21,25)/t6-,7-,8-,9-,10-,11-,12-,13-,14+,15+,16-,17+,18?,19+,20-/m1/s1. The second-order valence-electron chi connectivity index (χ2n) is 9.07. The predicted octanol–water partition coefficient (Wildman–Crippen LogP) is -7.43. The van der Waals surface area contributed by atoms with Gasteiger partial charge in [0.1, 0.15) is 73.2 Å². The Bertz CT molecular complexity index is 747. The van der Waals surface area contributed by atoms with Gasteiger partial charge in [0.15, 0.2) is 18.9 Å². The van der Waals surface area contributed by atoms with E-state index in [0.29, 0.717) is 0 Å². The molecule has 216 valence electrons. The smallest absolute Gasteiger partial charge is 0.217 e. The Kier molecular flexibility index (Phi) is 10.5. The first-order chi connectivity index (χ1) is 17.4. The van der Waals surface area contributed by atoms with Gasteiger partial charge in [0, 0.05) is 6.92 Å². The number of aliphatic hydroxyl groups is 10. The zero-order valence-corrected chi connectivity index (χ0v) is 19.7. The Morgan fingerprint density at radius 1 is 0.649 bits per heavy atom. The lowest BCUT2D eigenvalue weighted by atomic mass is 9.95. The molecule has 37 heavy (non-hydrogen) atoms. The maximum absolute atomic E-state index is 11.7. The van der Waals surface area contributed by atoms with E-state index in [9.17, 15) is 55.9 Å². The van der Waals surface area contributed by atoms with Gasteiger partial charge in [-0.05, 0) is 0 Å². The summed E-state index contributed by atoms with van der Waals surface area (Å²) in [5.74, 6) is -0.664. The summed E-state index contributed by atoms with van der Waals surface area (Å²) < 4.78 is 27.2. The molecule has 0 bridgehead atoms. The molecule has 3 saturated heterocycles. The molecule has 1 unspecified atom stereocenters. The topological polar surface area (TPSA) is 278 Å². The number of hydrogen-bond donors (Lipinski definition) is 11. The SMILES string of the molecule is CC(=O)N[C@H]1[C@H](O[C@@H]2[C@@H](O[C@H]3C(O)O[C@H](CO)[C@@H](O)[C@@H]3O)O[C@H](CO)[C@@H](O)[C@@H]2O)O[C@H](CO)[C@@H](O)[C@@H]1O. The summed E-state index contributed by atoms with van der Waals surface area (Å²) in [7, 11) is 0. The average Bonchev–Trinajstić information content (AvgIpc) is 2.86. The summed E-state index contributed by atoms with van der Waals surface area (Å²) in [6.45, 7) is -1.22. The van der Waals surface area contributed by atoms with E-state index in [1.165, 1.54) is 0 Å². The van der Waals surface area contributed by atoms with Gasteiger partial charge in [0.25, 0.3) is 0 Å². The van der Waals surface area contributed by atoms with E-state index >= 15 is 0 Å². The third-order valence-corrected chi connectivity index (χ3v) is 6.50. The Morgan fingerprint density at radius 3 is 1.59 bits per heavy atom. The number of nitrogens with one attached hydrogen (secondary N) is 1. The van der Waals surface area contributed by atoms with Gasteiger partial charge in [0.05, 0.1) is 19.8 Å². The molecule has 0 aromatic rings. The molecule has 1 amide bonds. The van der Waals surface area contributed by atoms with Crippen LogP contribution in [0.1, 0.15) is 6.92 Å². The highest BCUT2D eigenvalue weighted by molar-refractivity contribution is 5.73. The molecule has 0 radical (unpaired) electrons. The highest BCUT2D eigenvalue weighted by Crippen LogP contribution is 2.32. The summed E-state index contributed by atoms with van der Waals surface area (Å²) >= 11 is 0. The van der Waals surface area contributed by atoms with E-state index in [0.717, 1.165) is 6.92 Å². The van der Waals surface area contributed by atoms with Crippen LogP contribution in [0.15, 0.2) is 0 Å². The number of aliphatic hydroxyl groups excluding tert-OH is 10. The van der Waals surface area contributed by atoms with Gasteiger partial charge in [-0.15, -0.1) is 0 Å². The molecule has 3 aliphatic heterocycles. The van der Waals surface area contributed by atoms with Crippen LogP contribution in [0.4, 0.5) is 0 Å². The fraction of sp³-hybridized carbons (Fsp3) is 0.950. The van der Waals surface area contributed by atoms with Crippen molar-refractivity contribution in [2.24, 2.45) is 0 Å². The van der Waals surface area contributed by atoms with Gasteiger partial charge >= 0.3 is 0 Å². The number of carbonyl (C=O) groups excluding carboxylic acids is 1. The van der Waals surface area contributed by atoms with Gasteiger partial charge in [-0.3, -0.25) is 4.79 Å². The number of carbonyl (C=O) groups is 1. The van der Waals surface area contributed by atoms with E-state index in [1.54, 1.807) is 0 Å². The molecule has 0 aliphatic carbocycles. The lowest BCUT2D eigenvalue weighted by Gasteiger charge is -2.48. The third kappa shape index (κ3) is 6.38. The molecule has 0 aromatic heterocycles. The van der Waals surface area contributed by atoms with Gasteiger partial charge in [0.2, 0.25) is 5.91 Å². The highest BCUT2D eigenvalue weighted by atomic mass is 16.8. The Morgan fingerprint density at radius 2 is 1.08 bits per heavy atom. The zero-order valence-electron chi connectivity index (χ0n) is 19.7.